The monoisotopic (exact) mass is 236 g/mol. The van der Waals surface area contributed by atoms with E-state index in [4.69, 9.17) is 0 Å². The number of aldehydes is 1. The number of hydrogen-bond donors (Lipinski definition) is 0. The summed E-state index contributed by atoms with van der Waals surface area (Å²) < 4.78 is 1.58. The van der Waals surface area contributed by atoms with Gasteiger partial charge in [-0.15, -0.1) is 0 Å². The summed E-state index contributed by atoms with van der Waals surface area (Å²) in [4.78, 5) is 20.8. The number of carbonyl (C=O) groups is 1. The Hall–Kier alpha value is -1.95. The van der Waals surface area contributed by atoms with E-state index in [1.54, 1.807) is 15.9 Å². The third-order valence-corrected chi connectivity index (χ3v) is 2.91. The maximum atomic E-state index is 10.8. The van der Waals surface area contributed by atoms with E-state index in [2.05, 4.69) is 0 Å². The summed E-state index contributed by atoms with van der Waals surface area (Å²) in [6, 6.07) is 3.20. The second-order valence-electron chi connectivity index (χ2n) is 3.26. The van der Waals surface area contributed by atoms with Gasteiger partial charge >= 0.3 is 0 Å². The maximum Gasteiger partial charge on any atom is 0.287 e. The number of thiophene rings is 1. The first-order valence-electron chi connectivity index (χ1n) is 4.51. The van der Waals surface area contributed by atoms with E-state index in [9.17, 15) is 14.9 Å². The Morgan fingerprint density at radius 3 is 2.94 bits per heavy atom. The summed E-state index contributed by atoms with van der Waals surface area (Å²) in [5.41, 5.74) is 1.29. The van der Waals surface area contributed by atoms with Gasteiger partial charge in [-0.25, -0.2) is 0 Å². The van der Waals surface area contributed by atoms with Gasteiger partial charge in [0.05, 0.1) is 16.8 Å². The molecule has 2 aromatic heterocycles. The van der Waals surface area contributed by atoms with Crippen LogP contribution in [-0.4, -0.2) is 15.8 Å². The Morgan fingerprint density at radius 1 is 1.56 bits per heavy atom. The second kappa shape index (κ2) is 4.28. The van der Waals surface area contributed by atoms with Crippen molar-refractivity contribution in [2.75, 3.05) is 0 Å². The van der Waals surface area contributed by atoms with Crippen molar-refractivity contribution in [2.24, 2.45) is 0 Å². The Bertz CT molecular complexity index is 516. The highest BCUT2D eigenvalue weighted by Crippen LogP contribution is 2.17. The average molecular weight is 236 g/mol. The molecule has 0 amide bonds. The lowest BCUT2D eigenvalue weighted by Gasteiger charge is -2.01. The molecule has 0 saturated heterocycles. The Balaban J connectivity index is 2.32. The molecule has 0 aliphatic rings. The fraction of sp³-hybridized carbons (Fsp3) is 0.100. The molecule has 0 aliphatic carbocycles. The molecule has 16 heavy (non-hydrogen) atoms. The molecule has 0 aromatic carbocycles. The van der Waals surface area contributed by atoms with Crippen LogP contribution in [0.2, 0.25) is 0 Å². The molecule has 2 heterocycles. The molecule has 6 heteroatoms. The minimum absolute atomic E-state index is 0.0580. The van der Waals surface area contributed by atoms with Crippen LogP contribution < -0.4 is 0 Å². The topological polar surface area (TPSA) is 65.1 Å². The molecule has 2 aromatic rings. The van der Waals surface area contributed by atoms with E-state index in [0.717, 1.165) is 5.56 Å². The van der Waals surface area contributed by atoms with Crippen LogP contribution in [0, 0.1) is 10.1 Å². The van der Waals surface area contributed by atoms with Crippen LogP contribution in [0.4, 0.5) is 5.69 Å². The predicted octanol–water partition coefficient (Wildman–Crippen LogP) is 2.32. The fourth-order valence-electron chi connectivity index (χ4n) is 1.42. The first kappa shape index (κ1) is 10.6. The molecule has 82 valence electrons. The highest BCUT2D eigenvalue weighted by atomic mass is 32.1. The third kappa shape index (κ3) is 2.01. The van der Waals surface area contributed by atoms with Crippen molar-refractivity contribution in [1.82, 2.24) is 4.57 Å². The van der Waals surface area contributed by atoms with Crippen LogP contribution in [0.1, 0.15) is 16.1 Å². The summed E-state index contributed by atoms with van der Waals surface area (Å²) in [7, 11) is 0. The van der Waals surface area contributed by atoms with E-state index in [1.165, 1.54) is 12.3 Å². The molecular formula is C10H8N2O3S. The fourth-order valence-corrected chi connectivity index (χ4v) is 2.08. The number of rotatable bonds is 4. The van der Waals surface area contributed by atoms with Crippen molar-refractivity contribution in [2.45, 2.75) is 6.54 Å². The summed E-state index contributed by atoms with van der Waals surface area (Å²) >= 11 is 1.55. The largest absolute Gasteiger partial charge is 0.334 e. The Morgan fingerprint density at radius 2 is 2.38 bits per heavy atom. The van der Waals surface area contributed by atoms with Crippen molar-refractivity contribution in [1.29, 1.82) is 0 Å². The smallest absolute Gasteiger partial charge is 0.287 e. The third-order valence-electron chi connectivity index (χ3n) is 2.18. The summed E-state index contributed by atoms with van der Waals surface area (Å²) in [5.74, 6) is 0. The molecule has 0 saturated carbocycles. The van der Waals surface area contributed by atoms with Gasteiger partial charge in [-0.1, -0.05) is 0 Å². The molecule has 0 atom stereocenters. The molecule has 0 fully saturated rings. The molecule has 2 rings (SSSR count). The number of nitro groups is 1. The SMILES string of the molecule is O=Cc1cc([N+](=O)[O-])cn1Cc1ccsc1. The van der Waals surface area contributed by atoms with E-state index in [-0.39, 0.29) is 5.69 Å². The molecule has 0 aliphatic heterocycles. The van der Waals surface area contributed by atoms with Gasteiger partial charge in [0.15, 0.2) is 6.29 Å². The zero-order valence-electron chi connectivity index (χ0n) is 8.20. The minimum atomic E-state index is -0.503. The van der Waals surface area contributed by atoms with Crippen LogP contribution in [-0.2, 0) is 6.54 Å². The van der Waals surface area contributed by atoms with E-state index >= 15 is 0 Å². The Labute approximate surface area is 95.1 Å². The van der Waals surface area contributed by atoms with Gasteiger partial charge < -0.3 is 4.57 Å². The molecule has 0 unspecified atom stereocenters. The first-order valence-corrected chi connectivity index (χ1v) is 5.46. The molecule has 0 bridgehead atoms. The highest BCUT2D eigenvalue weighted by Gasteiger charge is 2.13. The molecule has 0 spiro atoms. The molecule has 0 radical (unpaired) electrons. The van der Waals surface area contributed by atoms with Crippen molar-refractivity contribution >= 4 is 23.3 Å². The molecule has 5 nitrogen and oxygen atoms in total. The quantitative estimate of drug-likeness (QED) is 0.465. The lowest BCUT2D eigenvalue weighted by molar-refractivity contribution is -0.384. The zero-order chi connectivity index (χ0) is 11.5. The number of carbonyl (C=O) groups excluding carboxylic acids is 1. The van der Waals surface area contributed by atoms with E-state index in [0.29, 0.717) is 18.5 Å². The highest BCUT2D eigenvalue weighted by molar-refractivity contribution is 7.07. The van der Waals surface area contributed by atoms with Crippen LogP contribution >= 0.6 is 11.3 Å². The van der Waals surface area contributed by atoms with Gasteiger partial charge in [0.25, 0.3) is 5.69 Å². The number of hydrogen-bond acceptors (Lipinski definition) is 4. The number of nitrogens with zero attached hydrogens (tertiary/aromatic N) is 2. The second-order valence-corrected chi connectivity index (χ2v) is 4.04. The first-order chi connectivity index (χ1) is 7.70. The number of aromatic nitrogens is 1. The van der Waals surface area contributed by atoms with Crippen LogP contribution in [0.25, 0.3) is 0 Å². The van der Waals surface area contributed by atoms with Gasteiger partial charge in [-0.3, -0.25) is 14.9 Å². The molecule has 0 N–H and O–H groups in total. The van der Waals surface area contributed by atoms with E-state index < -0.39 is 4.92 Å². The Kier molecular flexibility index (Phi) is 2.82. The van der Waals surface area contributed by atoms with Crippen molar-refractivity contribution < 1.29 is 9.72 Å². The van der Waals surface area contributed by atoms with Gasteiger partial charge in [-0.05, 0) is 22.4 Å². The zero-order valence-corrected chi connectivity index (χ0v) is 9.02. The van der Waals surface area contributed by atoms with Crippen molar-refractivity contribution in [3.63, 3.8) is 0 Å². The summed E-state index contributed by atoms with van der Waals surface area (Å²) in [6.07, 6.45) is 2.00. The summed E-state index contributed by atoms with van der Waals surface area (Å²) in [5, 5.41) is 14.4. The summed E-state index contributed by atoms with van der Waals surface area (Å²) in [6.45, 7) is 0.478. The van der Waals surface area contributed by atoms with Crippen molar-refractivity contribution in [3.05, 3.63) is 50.5 Å². The van der Waals surface area contributed by atoms with Crippen LogP contribution in [0.15, 0.2) is 29.1 Å². The van der Waals surface area contributed by atoms with Gasteiger partial charge in [0, 0.05) is 12.6 Å². The standard InChI is InChI=1S/C10H8N2O3S/c13-6-10-3-9(12(14)15)5-11(10)4-8-1-2-16-7-8/h1-3,5-7H,4H2. The maximum absolute atomic E-state index is 10.8. The molecular weight excluding hydrogens is 228 g/mol. The van der Waals surface area contributed by atoms with Crippen molar-refractivity contribution in [3.8, 4) is 0 Å². The lowest BCUT2D eigenvalue weighted by Crippen LogP contribution is -2.00. The average Bonchev–Trinajstić information content (AvgIpc) is 2.87. The van der Waals surface area contributed by atoms with Gasteiger partial charge in [0.1, 0.15) is 0 Å². The lowest BCUT2D eigenvalue weighted by atomic mass is 10.3. The van der Waals surface area contributed by atoms with Crippen LogP contribution in [0.3, 0.4) is 0 Å². The van der Waals surface area contributed by atoms with Gasteiger partial charge in [0.2, 0.25) is 0 Å². The van der Waals surface area contributed by atoms with Gasteiger partial charge in [-0.2, -0.15) is 11.3 Å². The normalized spacial score (nSPS) is 10.2. The van der Waals surface area contributed by atoms with Crippen LogP contribution in [0.5, 0.6) is 0 Å². The van der Waals surface area contributed by atoms with E-state index in [1.807, 2.05) is 16.8 Å². The minimum Gasteiger partial charge on any atom is -0.334 e. The predicted molar refractivity (Wildman–Crippen MR) is 59.9 cm³/mol.